The van der Waals surface area contributed by atoms with Gasteiger partial charge in [0.25, 0.3) is 0 Å². The largest absolute Gasteiger partial charge is 0.314 e. The summed E-state index contributed by atoms with van der Waals surface area (Å²) in [5.74, 6) is 0.712. The highest BCUT2D eigenvalue weighted by atomic mass is 32.1. The van der Waals surface area contributed by atoms with E-state index < -0.39 is 0 Å². The molecule has 0 fully saturated rings. The van der Waals surface area contributed by atoms with E-state index in [2.05, 4.69) is 44.9 Å². The number of rotatable bonds is 6. The second-order valence-corrected chi connectivity index (χ2v) is 5.79. The second-order valence-electron chi connectivity index (χ2n) is 4.50. The van der Waals surface area contributed by atoms with E-state index in [0.717, 1.165) is 13.0 Å². The fraction of sp³-hybridized carbons (Fsp3) is 0.769. The van der Waals surface area contributed by atoms with Crippen LogP contribution >= 0.6 is 11.3 Å². The molecular weight excluding hydrogens is 216 g/mol. The van der Waals surface area contributed by atoms with Crippen LogP contribution in [0, 0.1) is 19.8 Å². The van der Waals surface area contributed by atoms with Crippen molar-refractivity contribution in [3.05, 3.63) is 15.6 Å². The van der Waals surface area contributed by atoms with Crippen molar-refractivity contribution in [2.24, 2.45) is 5.92 Å². The molecule has 0 saturated carbocycles. The number of hydrogen-bond acceptors (Lipinski definition) is 3. The van der Waals surface area contributed by atoms with Crippen molar-refractivity contribution in [1.82, 2.24) is 10.3 Å². The fourth-order valence-electron chi connectivity index (χ4n) is 1.84. The van der Waals surface area contributed by atoms with E-state index in [4.69, 9.17) is 0 Å². The van der Waals surface area contributed by atoms with Crippen LogP contribution in [0.2, 0.25) is 0 Å². The molecule has 1 rings (SSSR count). The summed E-state index contributed by atoms with van der Waals surface area (Å²) in [5, 5.41) is 4.86. The van der Waals surface area contributed by atoms with Crippen LogP contribution in [-0.2, 0) is 6.42 Å². The van der Waals surface area contributed by atoms with Gasteiger partial charge in [-0.25, -0.2) is 4.98 Å². The molecule has 0 aromatic carbocycles. The molecule has 2 unspecified atom stereocenters. The van der Waals surface area contributed by atoms with E-state index in [1.54, 1.807) is 0 Å². The summed E-state index contributed by atoms with van der Waals surface area (Å²) in [7, 11) is 0. The topological polar surface area (TPSA) is 24.9 Å². The third-order valence-electron chi connectivity index (χ3n) is 3.26. The van der Waals surface area contributed by atoms with E-state index in [1.807, 2.05) is 11.3 Å². The maximum absolute atomic E-state index is 4.63. The van der Waals surface area contributed by atoms with Gasteiger partial charge >= 0.3 is 0 Å². The Labute approximate surface area is 103 Å². The summed E-state index contributed by atoms with van der Waals surface area (Å²) in [4.78, 5) is 5.98. The maximum atomic E-state index is 4.63. The molecule has 0 saturated heterocycles. The number of thiazole rings is 1. The Kier molecular flexibility index (Phi) is 5.42. The van der Waals surface area contributed by atoms with Gasteiger partial charge in [0, 0.05) is 17.3 Å². The average Bonchev–Trinajstić information content (AvgIpc) is 2.56. The van der Waals surface area contributed by atoms with Gasteiger partial charge < -0.3 is 5.32 Å². The number of nitrogens with zero attached hydrogens (tertiary/aromatic N) is 1. The highest BCUT2D eigenvalue weighted by Gasteiger charge is 2.17. The Balaban J connectivity index is 2.67. The summed E-state index contributed by atoms with van der Waals surface area (Å²) in [6.07, 6.45) is 2.29. The lowest BCUT2D eigenvalue weighted by Gasteiger charge is -2.22. The van der Waals surface area contributed by atoms with Gasteiger partial charge in [-0.3, -0.25) is 0 Å². The second kappa shape index (κ2) is 6.36. The van der Waals surface area contributed by atoms with Crippen LogP contribution in [-0.4, -0.2) is 17.6 Å². The van der Waals surface area contributed by atoms with Crippen molar-refractivity contribution >= 4 is 11.3 Å². The van der Waals surface area contributed by atoms with Gasteiger partial charge in [0.1, 0.15) is 0 Å². The molecule has 16 heavy (non-hydrogen) atoms. The predicted octanol–water partition coefficient (Wildman–Crippen LogP) is 3.33. The Bertz CT molecular complexity index is 300. The number of likely N-dealkylation sites (N-methyl/N-ethyl adjacent to an activating group) is 1. The van der Waals surface area contributed by atoms with Gasteiger partial charge in [-0.15, -0.1) is 11.3 Å². The molecule has 0 radical (unpaired) electrons. The van der Waals surface area contributed by atoms with E-state index in [1.165, 1.54) is 22.0 Å². The molecule has 2 nitrogen and oxygen atoms in total. The zero-order chi connectivity index (χ0) is 12.1. The van der Waals surface area contributed by atoms with Gasteiger partial charge in [-0.2, -0.15) is 0 Å². The lowest BCUT2D eigenvalue weighted by Crippen LogP contribution is -2.36. The third kappa shape index (κ3) is 3.56. The fourth-order valence-corrected chi connectivity index (χ4v) is 2.83. The van der Waals surface area contributed by atoms with Gasteiger partial charge in [0.15, 0.2) is 0 Å². The van der Waals surface area contributed by atoms with E-state index in [-0.39, 0.29) is 0 Å². The lowest BCUT2D eigenvalue weighted by atomic mass is 9.96. The molecule has 92 valence electrons. The first-order chi connectivity index (χ1) is 7.58. The maximum Gasteiger partial charge on any atom is 0.0946 e. The standard InChI is InChI=1S/C13H24N2S/c1-6-9(3)12(14-7-2)8-13-15-10(4)11(5)16-13/h9,12,14H,6-8H2,1-5H3. The van der Waals surface area contributed by atoms with Crippen molar-refractivity contribution in [2.45, 2.75) is 53.5 Å². The number of nitrogens with one attached hydrogen (secondary N) is 1. The Morgan fingerprint density at radius 3 is 2.44 bits per heavy atom. The summed E-state index contributed by atoms with van der Waals surface area (Å²) in [5.41, 5.74) is 1.19. The highest BCUT2D eigenvalue weighted by molar-refractivity contribution is 7.11. The predicted molar refractivity (Wildman–Crippen MR) is 72.2 cm³/mol. The number of aromatic nitrogens is 1. The van der Waals surface area contributed by atoms with Crippen LogP contribution in [0.1, 0.15) is 42.8 Å². The molecule has 1 aromatic rings. The normalized spacial score (nSPS) is 15.1. The molecule has 0 bridgehead atoms. The quantitative estimate of drug-likeness (QED) is 0.825. The van der Waals surface area contributed by atoms with E-state index in [9.17, 15) is 0 Å². The molecule has 2 atom stereocenters. The zero-order valence-electron chi connectivity index (χ0n) is 11.1. The molecule has 0 spiro atoms. The molecule has 0 amide bonds. The number of hydrogen-bond donors (Lipinski definition) is 1. The minimum absolute atomic E-state index is 0.569. The highest BCUT2D eigenvalue weighted by Crippen LogP contribution is 2.20. The third-order valence-corrected chi connectivity index (χ3v) is 4.36. The number of aryl methyl sites for hydroxylation is 2. The summed E-state index contributed by atoms with van der Waals surface area (Å²) in [6.45, 7) is 12.0. The molecule has 0 aliphatic rings. The van der Waals surface area contributed by atoms with Crippen LogP contribution in [0.5, 0.6) is 0 Å². The van der Waals surface area contributed by atoms with Crippen molar-refractivity contribution in [2.75, 3.05) is 6.54 Å². The van der Waals surface area contributed by atoms with Crippen LogP contribution in [0.4, 0.5) is 0 Å². The Morgan fingerprint density at radius 2 is 2.00 bits per heavy atom. The molecule has 0 aliphatic carbocycles. The average molecular weight is 240 g/mol. The summed E-state index contributed by atoms with van der Waals surface area (Å²) in [6, 6.07) is 0.569. The van der Waals surface area contributed by atoms with Crippen LogP contribution < -0.4 is 5.32 Å². The molecule has 3 heteroatoms. The summed E-state index contributed by atoms with van der Waals surface area (Å²) >= 11 is 1.85. The van der Waals surface area contributed by atoms with Crippen LogP contribution in [0.25, 0.3) is 0 Å². The van der Waals surface area contributed by atoms with Gasteiger partial charge in [-0.1, -0.05) is 27.2 Å². The molecular formula is C13H24N2S. The minimum atomic E-state index is 0.569. The van der Waals surface area contributed by atoms with Crippen molar-refractivity contribution in [3.63, 3.8) is 0 Å². The Hall–Kier alpha value is -0.410. The first-order valence-corrected chi connectivity index (χ1v) is 7.06. The molecule has 0 aliphatic heterocycles. The van der Waals surface area contributed by atoms with E-state index in [0.29, 0.717) is 12.0 Å². The smallest absolute Gasteiger partial charge is 0.0946 e. The van der Waals surface area contributed by atoms with Crippen LogP contribution in [0.15, 0.2) is 0 Å². The van der Waals surface area contributed by atoms with Crippen molar-refractivity contribution < 1.29 is 0 Å². The monoisotopic (exact) mass is 240 g/mol. The first-order valence-electron chi connectivity index (χ1n) is 6.24. The van der Waals surface area contributed by atoms with E-state index >= 15 is 0 Å². The molecule has 1 N–H and O–H groups in total. The molecule has 1 aromatic heterocycles. The lowest BCUT2D eigenvalue weighted by molar-refractivity contribution is 0.370. The summed E-state index contributed by atoms with van der Waals surface area (Å²) < 4.78 is 0. The van der Waals surface area contributed by atoms with Crippen molar-refractivity contribution in [3.8, 4) is 0 Å². The zero-order valence-corrected chi connectivity index (χ0v) is 11.9. The minimum Gasteiger partial charge on any atom is -0.314 e. The molecule has 1 heterocycles. The Morgan fingerprint density at radius 1 is 1.31 bits per heavy atom. The van der Waals surface area contributed by atoms with Crippen molar-refractivity contribution in [1.29, 1.82) is 0 Å². The van der Waals surface area contributed by atoms with Gasteiger partial charge in [0.05, 0.1) is 10.7 Å². The first kappa shape index (κ1) is 13.7. The van der Waals surface area contributed by atoms with Crippen LogP contribution in [0.3, 0.4) is 0 Å². The SMILES string of the molecule is CCNC(Cc1nc(C)c(C)s1)C(C)CC. The van der Waals surface area contributed by atoms with Gasteiger partial charge in [0.2, 0.25) is 0 Å². The van der Waals surface area contributed by atoms with Gasteiger partial charge in [-0.05, 0) is 26.3 Å².